The molecule has 0 radical (unpaired) electrons. The minimum Gasteiger partial charge on any atom is -0.508 e. The van der Waals surface area contributed by atoms with E-state index in [-0.39, 0.29) is 5.75 Å². The first-order valence-corrected chi connectivity index (χ1v) is 4.39. The van der Waals surface area contributed by atoms with E-state index in [1.54, 1.807) is 19.1 Å². The Labute approximate surface area is 83.0 Å². The zero-order valence-electron chi connectivity index (χ0n) is 8.53. The summed E-state index contributed by atoms with van der Waals surface area (Å²) < 4.78 is 0. The molecule has 0 aliphatic carbocycles. The van der Waals surface area contributed by atoms with Crippen molar-refractivity contribution in [3.05, 3.63) is 29.3 Å². The lowest BCUT2D eigenvalue weighted by atomic mass is 9.96. The maximum atomic E-state index is 11.6. The summed E-state index contributed by atoms with van der Waals surface area (Å²) in [6, 6.07) is 4.61. The molecule has 2 N–H and O–H groups in total. The second-order valence-electron chi connectivity index (χ2n) is 3.89. The molecule has 0 atom stereocenters. The Balaban J connectivity index is 3.10. The second-order valence-corrected chi connectivity index (χ2v) is 3.89. The van der Waals surface area contributed by atoms with Gasteiger partial charge in [-0.1, -0.05) is 12.1 Å². The van der Waals surface area contributed by atoms with E-state index < -0.39 is 11.4 Å². The van der Waals surface area contributed by atoms with E-state index in [2.05, 4.69) is 0 Å². The zero-order chi connectivity index (χ0) is 10.9. The van der Waals surface area contributed by atoms with Crippen LogP contribution in [0.5, 0.6) is 5.75 Å². The summed E-state index contributed by atoms with van der Waals surface area (Å²) >= 11 is 0. The monoisotopic (exact) mass is 194 g/mol. The first-order valence-electron chi connectivity index (χ1n) is 4.39. The average molecular weight is 194 g/mol. The van der Waals surface area contributed by atoms with Crippen molar-refractivity contribution >= 4 is 5.78 Å². The first kappa shape index (κ1) is 10.7. The first-order chi connectivity index (χ1) is 6.32. The summed E-state index contributed by atoms with van der Waals surface area (Å²) in [4.78, 5) is 11.6. The van der Waals surface area contributed by atoms with Crippen molar-refractivity contribution in [3.63, 3.8) is 0 Å². The molecule has 0 saturated heterocycles. The number of hydrogen-bond donors (Lipinski definition) is 2. The van der Waals surface area contributed by atoms with Crippen molar-refractivity contribution in [2.24, 2.45) is 0 Å². The minimum absolute atomic E-state index is 0.0695. The van der Waals surface area contributed by atoms with Crippen LogP contribution in [0, 0.1) is 6.92 Å². The molecule has 0 aliphatic rings. The summed E-state index contributed by atoms with van der Waals surface area (Å²) in [5, 5.41) is 18.8. The van der Waals surface area contributed by atoms with Crippen molar-refractivity contribution in [3.8, 4) is 5.75 Å². The van der Waals surface area contributed by atoms with Gasteiger partial charge in [0, 0.05) is 5.56 Å². The molecule has 0 aromatic heterocycles. The summed E-state index contributed by atoms with van der Waals surface area (Å²) in [6.07, 6.45) is 0. The Morgan fingerprint density at radius 1 is 1.36 bits per heavy atom. The van der Waals surface area contributed by atoms with Crippen LogP contribution in [0.25, 0.3) is 0 Å². The van der Waals surface area contributed by atoms with Gasteiger partial charge in [0.25, 0.3) is 0 Å². The number of phenols is 1. The molecule has 0 aliphatic heterocycles. The summed E-state index contributed by atoms with van der Waals surface area (Å²) in [5.41, 5.74) is -0.375. The fourth-order valence-corrected chi connectivity index (χ4v) is 1.10. The normalized spacial score (nSPS) is 11.4. The number of carbonyl (C=O) groups excluding carboxylic acids is 1. The topological polar surface area (TPSA) is 57.5 Å². The molecule has 14 heavy (non-hydrogen) atoms. The molecular formula is C11H14O3. The van der Waals surface area contributed by atoms with E-state index in [1.165, 1.54) is 19.9 Å². The number of ketones is 1. The Hall–Kier alpha value is -1.35. The number of phenolic OH excluding ortho intramolecular Hbond substituents is 1. The fourth-order valence-electron chi connectivity index (χ4n) is 1.10. The molecule has 0 heterocycles. The third-order valence-electron chi connectivity index (χ3n) is 2.03. The average Bonchev–Trinajstić information content (AvgIpc) is 2.07. The molecular weight excluding hydrogens is 180 g/mol. The Bertz CT molecular complexity index is 361. The third-order valence-corrected chi connectivity index (χ3v) is 2.03. The molecule has 1 aromatic carbocycles. The van der Waals surface area contributed by atoms with Crippen molar-refractivity contribution < 1.29 is 15.0 Å². The number of hydrogen-bond acceptors (Lipinski definition) is 3. The van der Waals surface area contributed by atoms with Crippen LogP contribution in [-0.2, 0) is 0 Å². The molecule has 76 valence electrons. The van der Waals surface area contributed by atoms with E-state index >= 15 is 0 Å². The van der Waals surface area contributed by atoms with Crippen molar-refractivity contribution in [1.82, 2.24) is 0 Å². The number of aromatic hydroxyl groups is 1. The highest BCUT2D eigenvalue weighted by atomic mass is 16.3. The van der Waals surface area contributed by atoms with Crippen molar-refractivity contribution in [1.29, 1.82) is 0 Å². The Kier molecular flexibility index (Phi) is 2.62. The molecule has 3 nitrogen and oxygen atoms in total. The fraction of sp³-hybridized carbons (Fsp3) is 0.364. The molecule has 0 fully saturated rings. The minimum atomic E-state index is -1.40. The molecule has 0 spiro atoms. The van der Waals surface area contributed by atoms with Crippen molar-refractivity contribution in [2.45, 2.75) is 26.4 Å². The van der Waals surface area contributed by atoms with Crippen LogP contribution in [0.2, 0.25) is 0 Å². The van der Waals surface area contributed by atoms with Crippen LogP contribution in [0.3, 0.4) is 0 Å². The van der Waals surface area contributed by atoms with Crippen LogP contribution in [0.4, 0.5) is 0 Å². The van der Waals surface area contributed by atoms with Gasteiger partial charge in [0.15, 0.2) is 5.78 Å². The SMILES string of the molecule is Cc1ccc(C(=O)C(C)(C)O)cc1O. The van der Waals surface area contributed by atoms with Gasteiger partial charge in [-0.05, 0) is 32.4 Å². The number of aryl methyl sites for hydroxylation is 1. The second kappa shape index (κ2) is 3.42. The van der Waals surface area contributed by atoms with E-state index in [0.717, 1.165) is 0 Å². The van der Waals surface area contributed by atoms with Gasteiger partial charge in [0.2, 0.25) is 0 Å². The summed E-state index contributed by atoms with van der Waals surface area (Å²) in [6.45, 7) is 4.59. The third kappa shape index (κ3) is 2.12. The maximum absolute atomic E-state index is 11.6. The van der Waals surface area contributed by atoms with Gasteiger partial charge in [-0.15, -0.1) is 0 Å². The molecule has 1 rings (SSSR count). The molecule has 0 unspecified atom stereocenters. The van der Waals surface area contributed by atoms with Gasteiger partial charge in [0.1, 0.15) is 11.4 Å². The molecule has 1 aromatic rings. The predicted octanol–water partition coefficient (Wildman–Crippen LogP) is 1.65. The van der Waals surface area contributed by atoms with Crippen LogP contribution >= 0.6 is 0 Å². The smallest absolute Gasteiger partial charge is 0.193 e. The maximum Gasteiger partial charge on any atom is 0.193 e. The van der Waals surface area contributed by atoms with E-state index in [9.17, 15) is 15.0 Å². The van der Waals surface area contributed by atoms with Gasteiger partial charge in [0.05, 0.1) is 0 Å². The Morgan fingerprint density at radius 3 is 2.36 bits per heavy atom. The van der Waals surface area contributed by atoms with Crippen LogP contribution < -0.4 is 0 Å². The lowest BCUT2D eigenvalue weighted by molar-refractivity contribution is 0.0487. The highest BCUT2D eigenvalue weighted by Gasteiger charge is 2.25. The zero-order valence-corrected chi connectivity index (χ0v) is 8.53. The molecule has 0 amide bonds. The number of rotatable bonds is 2. The quantitative estimate of drug-likeness (QED) is 0.704. The lowest BCUT2D eigenvalue weighted by Crippen LogP contribution is -2.31. The highest BCUT2D eigenvalue weighted by Crippen LogP contribution is 2.20. The van der Waals surface area contributed by atoms with Gasteiger partial charge in [-0.3, -0.25) is 4.79 Å². The Morgan fingerprint density at radius 2 is 1.93 bits per heavy atom. The van der Waals surface area contributed by atoms with E-state index in [1.807, 2.05) is 0 Å². The summed E-state index contributed by atoms with van der Waals surface area (Å²) in [5.74, 6) is -0.326. The highest BCUT2D eigenvalue weighted by molar-refractivity contribution is 6.02. The van der Waals surface area contributed by atoms with Gasteiger partial charge in [-0.2, -0.15) is 0 Å². The van der Waals surface area contributed by atoms with E-state index in [4.69, 9.17) is 0 Å². The van der Waals surface area contributed by atoms with Crippen LogP contribution in [0.1, 0.15) is 29.8 Å². The summed E-state index contributed by atoms with van der Waals surface area (Å²) in [7, 11) is 0. The van der Waals surface area contributed by atoms with Crippen LogP contribution in [-0.4, -0.2) is 21.6 Å². The molecule has 0 saturated carbocycles. The number of aliphatic hydroxyl groups is 1. The lowest BCUT2D eigenvalue weighted by Gasteiger charge is -2.15. The van der Waals surface area contributed by atoms with Crippen molar-refractivity contribution in [2.75, 3.05) is 0 Å². The molecule has 0 bridgehead atoms. The molecule has 3 heteroatoms. The van der Waals surface area contributed by atoms with Gasteiger partial charge >= 0.3 is 0 Å². The predicted molar refractivity (Wildman–Crippen MR) is 53.5 cm³/mol. The van der Waals surface area contributed by atoms with E-state index in [0.29, 0.717) is 11.1 Å². The standard InChI is InChI=1S/C11H14O3/c1-7-4-5-8(6-9(7)12)10(13)11(2,3)14/h4-6,12,14H,1-3H3. The van der Waals surface area contributed by atoms with Crippen LogP contribution in [0.15, 0.2) is 18.2 Å². The largest absolute Gasteiger partial charge is 0.508 e. The van der Waals surface area contributed by atoms with Gasteiger partial charge < -0.3 is 10.2 Å². The number of Topliss-reactive ketones (excluding diaryl/α,β-unsaturated/α-hetero) is 1. The number of carbonyl (C=O) groups is 1. The number of benzene rings is 1. The van der Waals surface area contributed by atoms with Gasteiger partial charge in [-0.25, -0.2) is 0 Å².